The van der Waals surface area contributed by atoms with Crippen molar-refractivity contribution in [1.29, 1.82) is 0 Å². The maximum Gasteiger partial charge on any atom is 0.193 e. The molecule has 1 aliphatic heterocycles. The molecule has 1 aliphatic rings. The number of anilines is 1. The van der Waals surface area contributed by atoms with Crippen LogP contribution in [0.2, 0.25) is 5.02 Å². The Balaban J connectivity index is 0.00000288. The zero-order valence-electron chi connectivity index (χ0n) is 13.5. The monoisotopic (exact) mass is 487 g/mol. The number of methoxy groups -OCH3 is 1. The third kappa shape index (κ3) is 6.64. The maximum atomic E-state index is 11.4. The molecule has 1 heterocycles. The van der Waals surface area contributed by atoms with E-state index in [2.05, 4.69) is 10.3 Å². The highest BCUT2D eigenvalue weighted by Gasteiger charge is 2.22. The minimum atomic E-state index is -2.80. The van der Waals surface area contributed by atoms with Crippen molar-refractivity contribution in [2.75, 3.05) is 30.5 Å². The van der Waals surface area contributed by atoms with Gasteiger partial charge in [0.15, 0.2) is 5.96 Å². The molecule has 0 bridgehead atoms. The number of sulfone groups is 1. The molecule has 1 aromatic carbocycles. The van der Waals surface area contributed by atoms with Crippen molar-refractivity contribution in [3.63, 3.8) is 0 Å². The van der Waals surface area contributed by atoms with E-state index < -0.39 is 9.84 Å². The zero-order valence-corrected chi connectivity index (χ0v) is 17.4. The lowest BCUT2D eigenvalue weighted by atomic mass is 9.99. The van der Waals surface area contributed by atoms with Gasteiger partial charge in [0.05, 0.1) is 23.6 Å². The molecular weight excluding hydrogens is 465 g/mol. The van der Waals surface area contributed by atoms with Gasteiger partial charge in [0.1, 0.15) is 15.6 Å². The van der Waals surface area contributed by atoms with Gasteiger partial charge in [-0.15, -0.1) is 24.0 Å². The van der Waals surface area contributed by atoms with Crippen molar-refractivity contribution >= 4 is 57.1 Å². The van der Waals surface area contributed by atoms with E-state index in [-0.39, 0.29) is 24.0 Å². The minimum Gasteiger partial charge on any atom is -0.495 e. The average molecular weight is 488 g/mol. The highest BCUT2D eigenvalue weighted by Crippen LogP contribution is 2.27. The molecule has 9 heteroatoms. The van der Waals surface area contributed by atoms with Gasteiger partial charge in [-0.1, -0.05) is 11.6 Å². The number of hydrogen-bond acceptors (Lipinski definition) is 4. The molecule has 0 unspecified atom stereocenters. The predicted molar refractivity (Wildman–Crippen MR) is 110 cm³/mol. The molecule has 24 heavy (non-hydrogen) atoms. The fraction of sp³-hybridized carbons (Fsp3) is 0.533. The van der Waals surface area contributed by atoms with E-state index in [1.54, 1.807) is 25.3 Å². The highest BCUT2D eigenvalue weighted by atomic mass is 127. The van der Waals surface area contributed by atoms with Crippen LogP contribution in [0.25, 0.3) is 0 Å². The fourth-order valence-electron chi connectivity index (χ4n) is 2.53. The van der Waals surface area contributed by atoms with Crippen LogP contribution in [-0.4, -0.2) is 39.5 Å². The van der Waals surface area contributed by atoms with Crippen LogP contribution in [0, 0.1) is 5.92 Å². The van der Waals surface area contributed by atoms with E-state index in [0.717, 1.165) is 24.9 Å². The lowest BCUT2D eigenvalue weighted by Crippen LogP contribution is -2.25. The van der Waals surface area contributed by atoms with Crippen LogP contribution in [0.3, 0.4) is 0 Å². The summed E-state index contributed by atoms with van der Waals surface area (Å²) in [4.78, 5) is 4.28. The Morgan fingerprint density at radius 1 is 1.42 bits per heavy atom. The van der Waals surface area contributed by atoms with Crippen LogP contribution in [0.5, 0.6) is 5.75 Å². The predicted octanol–water partition coefficient (Wildman–Crippen LogP) is 2.91. The molecule has 3 N–H and O–H groups in total. The van der Waals surface area contributed by atoms with Crippen LogP contribution >= 0.6 is 35.6 Å². The number of rotatable bonds is 5. The Labute approximate surface area is 165 Å². The molecule has 0 radical (unpaired) electrons. The van der Waals surface area contributed by atoms with E-state index >= 15 is 0 Å². The van der Waals surface area contributed by atoms with Crippen LogP contribution in [0.15, 0.2) is 23.2 Å². The number of nitrogens with one attached hydrogen (secondary N) is 1. The molecule has 0 aliphatic carbocycles. The van der Waals surface area contributed by atoms with Crippen molar-refractivity contribution < 1.29 is 13.2 Å². The Morgan fingerprint density at radius 3 is 2.67 bits per heavy atom. The lowest BCUT2D eigenvalue weighted by Gasteiger charge is -2.20. The van der Waals surface area contributed by atoms with E-state index in [1.807, 2.05) is 0 Å². The molecule has 1 saturated heterocycles. The van der Waals surface area contributed by atoms with Crippen LogP contribution < -0.4 is 15.8 Å². The fourth-order valence-corrected chi connectivity index (χ4v) is 4.37. The lowest BCUT2D eigenvalue weighted by molar-refractivity contribution is 0.415. The van der Waals surface area contributed by atoms with E-state index in [9.17, 15) is 8.42 Å². The number of nitrogens with zero attached hydrogens (tertiary/aromatic N) is 1. The number of ether oxygens (including phenoxy) is 1. The largest absolute Gasteiger partial charge is 0.495 e. The van der Waals surface area contributed by atoms with Crippen molar-refractivity contribution in [3.05, 3.63) is 23.2 Å². The highest BCUT2D eigenvalue weighted by molar-refractivity contribution is 14.0. The average Bonchev–Trinajstić information content (AvgIpc) is 2.49. The summed E-state index contributed by atoms with van der Waals surface area (Å²) in [6, 6.07) is 5.27. The number of hydrogen-bond donors (Lipinski definition) is 2. The number of halogens is 2. The first kappa shape index (κ1) is 21.3. The Kier molecular flexibility index (Phi) is 8.58. The van der Waals surface area contributed by atoms with Gasteiger partial charge in [-0.2, -0.15) is 0 Å². The molecule has 1 aromatic rings. The van der Waals surface area contributed by atoms with Gasteiger partial charge in [0.25, 0.3) is 0 Å². The molecule has 1 fully saturated rings. The molecule has 136 valence electrons. The van der Waals surface area contributed by atoms with Crippen LogP contribution in [-0.2, 0) is 9.84 Å². The molecule has 0 spiro atoms. The minimum absolute atomic E-state index is 0. The molecular formula is C15H23ClIN3O3S. The summed E-state index contributed by atoms with van der Waals surface area (Å²) in [5, 5.41) is 3.47. The second-order valence-electron chi connectivity index (χ2n) is 5.63. The maximum absolute atomic E-state index is 11.4. The van der Waals surface area contributed by atoms with Gasteiger partial charge in [0, 0.05) is 12.2 Å². The zero-order chi connectivity index (χ0) is 16.9. The SMILES string of the molecule is COc1ccc(NC(N)=NCCC2CCS(=O)(=O)CC2)cc1Cl.I. The number of aliphatic imine (C=N–C) groups is 1. The third-order valence-corrected chi connectivity index (χ3v) is 5.93. The summed E-state index contributed by atoms with van der Waals surface area (Å²) in [5.74, 6) is 1.90. The van der Waals surface area contributed by atoms with Gasteiger partial charge in [-0.25, -0.2) is 8.42 Å². The van der Waals surface area contributed by atoms with E-state index in [1.165, 1.54) is 0 Å². The molecule has 0 aromatic heterocycles. The van der Waals surface area contributed by atoms with Gasteiger partial charge < -0.3 is 15.8 Å². The first-order chi connectivity index (χ1) is 10.9. The van der Waals surface area contributed by atoms with Crippen LogP contribution in [0.4, 0.5) is 5.69 Å². The topological polar surface area (TPSA) is 93.8 Å². The standard InChI is InChI=1S/C15H22ClN3O3S.HI/c1-22-14-3-2-12(10-13(14)16)19-15(17)18-7-4-11-5-8-23(20,21)9-6-11;/h2-3,10-11H,4-9H2,1H3,(H3,17,18,19);1H. The third-order valence-electron chi connectivity index (χ3n) is 3.92. The normalized spacial score (nSPS) is 17.8. The second kappa shape index (κ2) is 9.67. The Hall–Kier alpha value is -0.740. The first-order valence-corrected chi connectivity index (χ1v) is 9.70. The van der Waals surface area contributed by atoms with Gasteiger partial charge in [-0.05, 0) is 43.4 Å². The van der Waals surface area contributed by atoms with Crippen molar-refractivity contribution in [2.45, 2.75) is 19.3 Å². The Morgan fingerprint density at radius 2 is 2.08 bits per heavy atom. The molecule has 0 saturated carbocycles. The molecule has 0 atom stereocenters. The number of benzene rings is 1. The van der Waals surface area contributed by atoms with Crippen molar-refractivity contribution in [1.82, 2.24) is 0 Å². The molecule has 0 amide bonds. The summed E-state index contributed by atoms with van der Waals surface area (Å²) in [6.45, 7) is 0.577. The molecule has 2 rings (SSSR count). The molecule has 6 nitrogen and oxygen atoms in total. The summed E-state index contributed by atoms with van der Waals surface area (Å²) < 4.78 is 27.8. The summed E-state index contributed by atoms with van der Waals surface area (Å²) >= 11 is 6.05. The van der Waals surface area contributed by atoms with Gasteiger partial charge in [-0.3, -0.25) is 4.99 Å². The number of nitrogens with two attached hydrogens (primary N) is 1. The summed E-state index contributed by atoms with van der Waals surface area (Å²) in [5.41, 5.74) is 6.59. The first-order valence-electron chi connectivity index (χ1n) is 7.50. The smallest absolute Gasteiger partial charge is 0.193 e. The van der Waals surface area contributed by atoms with E-state index in [4.69, 9.17) is 22.1 Å². The van der Waals surface area contributed by atoms with Crippen molar-refractivity contribution in [3.8, 4) is 5.75 Å². The van der Waals surface area contributed by atoms with Gasteiger partial charge >= 0.3 is 0 Å². The summed E-state index contributed by atoms with van der Waals surface area (Å²) in [6.07, 6.45) is 2.29. The van der Waals surface area contributed by atoms with Gasteiger partial charge in [0.2, 0.25) is 0 Å². The second-order valence-corrected chi connectivity index (χ2v) is 8.34. The van der Waals surface area contributed by atoms with E-state index in [0.29, 0.717) is 40.7 Å². The van der Waals surface area contributed by atoms with Crippen molar-refractivity contribution in [2.24, 2.45) is 16.6 Å². The van der Waals surface area contributed by atoms with Crippen LogP contribution in [0.1, 0.15) is 19.3 Å². The Bertz CT molecular complexity index is 669. The summed E-state index contributed by atoms with van der Waals surface area (Å²) in [7, 11) is -1.25. The number of guanidine groups is 1. The quantitative estimate of drug-likeness (QED) is 0.378.